The number of hydrogen-bond donors (Lipinski definition) is 1. The molecule has 0 fully saturated rings. The van der Waals surface area contributed by atoms with Gasteiger partial charge in [0.15, 0.2) is 5.17 Å². The van der Waals surface area contributed by atoms with Crippen LogP contribution in [0.4, 0.5) is 0 Å². The van der Waals surface area contributed by atoms with E-state index in [1.807, 2.05) is 42.5 Å². The summed E-state index contributed by atoms with van der Waals surface area (Å²) < 4.78 is 0. The van der Waals surface area contributed by atoms with Crippen LogP contribution in [0.1, 0.15) is 10.4 Å². The summed E-state index contributed by atoms with van der Waals surface area (Å²) in [6.07, 6.45) is 0. The van der Waals surface area contributed by atoms with Crippen LogP contribution in [-0.4, -0.2) is 23.4 Å². The summed E-state index contributed by atoms with van der Waals surface area (Å²) in [6.45, 7) is 0.790. The zero-order valence-electron chi connectivity index (χ0n) is 9.72. The highest BCUT2D eigenvalue weighted by Gasteiger charge is 2.12. The number of benzene rings is 2. The molecule has 0 radical (unpaired) electrons. The summed E-state index contributed by atoms with van der Waals surface area (Å²) in [4.78, 5) is 16.3. The summed E-state index contributed by atoms with van der Waals surface area (Å²) in [5.41, 5.74) is 0.670. The van der Waals surface area contributed by atoms with Gasteiger partial charge in [0, 0.05) is 11.3 Å². The number of rotatable bonds is 1. The van der Waals surface area contributed by atoms with Gasteiger partial charge in [0.1, 0.15) is 0 Å². The molecule has 3 rings (SSSR count). The molecule has 3 nitrogen and oxygen atoms in total. The lowest BCUT2D eigenvalue weighted by Crippen LogP contribution is -2.27. The number of amides is 1. The van der Waals surface area contributed by atoms with Gasteiger partial charge in [-0.3, -0.25) is 9.79 Å². The average molecular weight is 256 g/mol. The molecule has 0 saturated carbocycles. The molecular weight excluding hydrogens is 244 g/mol. The predicted octanol–water partition coefficient (Wildman–Crippen LogP) is 2.67. The topological polar surface area (TPSA) is 41.5 Å². The number of carbonyl (C=O) groups is 1. The van der Waals surface area contributed by atoms with E-state index in [-0.39, 0.29) is 5.91 Å². The SMILES string of the molecule is O=C(NC1=NCCS1)c1ccc2ccccc2c1. The highest BCUT2D eigenvalue weighted by Crippen LogP contribution is 2.16. The van der Waals surface area contributed by atoms with Crippen molar-refractivity contribution in [2.45, 2.75) is 0 Å². The smallest absolute Gasteiger partial charge is 0.257 e. The third-order valence-corrected chi connectivity index (χ3v) is 3.71. The van der Waals surface area contributed by atoms with E-state index < -0.39 is 0 Å². The Hall–Kier alpha value is -1.81. The van der Waals surface area contributed by atoms with Crippen molar-refractivity contribution in [1.82, 2.24) is 5.32 Å². The molecule has 1 amide bonds. The molecule has 18 heavy (non-hydrogen) atoms. The van der Waals surface area contributed by atoms with E-state index >= 15 is 0 Å². The fourth-order valence-electron chi connectivity index (χ4n) is 1.91. The molecular formula is C14H12N2OS. The van der Waals surface area contributed by atoms with Crippen LogP contribution in [0.5, 0.6) is 0 Å². The number of amidine groups is 1. The molecule has 0 bridgehead atoms. The molecule has 0 spiro atoms. The average Bonchev–Trinajstić information content (AvgIpc) is 2.91. The molecule has 0 atom stereocenters. The third-order valence-electron chi connectivity index (χ3n) is 2.82. The number of aliphatic imine (C=N–C) groups is 1. The lowest BCUT2D eigenvalue weighted by molar-refractivity contribution is 0.0978. The van der Waals surface area contributed by atoms with E-state index in [9.17, 15) is 4.79 Å². The van der Waals surface area contributed by atoms with Crippen LogP contribution in [0.2, 0.25) is 0 Å². The monoisotopic (exact) mass is 256 g/mol. The van der Waals surface area contributed by atoms with Crippen molar-refractivity contribution < 1.29 is 4.79 Å². The van der Waals surface area contributed by atoms with Crippen LogP contribution in [0.15, 0.2) is 47.5 Å². The molecule has 0 aromatic heterocycles. The van der Waals surface area contributed by atoms with Gasteiger partial charge < -0.3 is 5.32 Å². The molecule has 1 aliphatic heterocycles. The number of nitrogens with zero attached hydrogens (tertiary/aromatic N) is 1. The van der Waals surface area contributed by atoms with E-state index in [0.717, 1.165) is 28.2 Å². The van der Waals surface area contributed by atoms with Gasteiger partial charge in [0.25, 0.3) is 5.91 Å². The maximum atomic E-state index is 12.0. The van der Waals surface area contributed by atoms with Gasteiger partial charge >= 0.3 is 0 Å². The van der Waals surface area contributed by atoms with Gasteiger partial charge in [-0.1, -0.05) is 42.1 Å². The van der Waals surface area contributed by atoms with Gasteiger partial charge in [0.2, 0.25) is 0 Å². The van der Waals surface area contributed by atoms with E-state index in [1.165, 1.54) is 0 Å². The van der Waals surface area contributed by atoms with Crippen LogP contribution in [0.3, 0.4) is 0 Å². The Labute approximate surface area is 109 Å². The van der Waals surface area contributed by atoms with Crippen LogP contribution >= 0.6 is 11.8 Å². The maximum Gasteiger partial charge on any atom is 0.257 e. The molecule has 0 saturated heterocycles. The van der Waals surface area contributed by atoms with Crippen molar-refractivity contribution in [3.8, 4) is 0 Å². The molecule has 1 N–H and O–H groups in total. The molecule has 0 aliphatic carbocycles. The Morgan fingerprint density at radius 1 is 1.17 bits per heavy atom. The number of hydrogen-bond acceptors (Lipinski definition) is 3. The van der Waals surface area contributed by atoms with Gasteiger partial charge in [0.05, 0.1) is 6.54 Å². The molecule has 2 aromatic rings. The zero-order valence-corrected chi connectivity index (χ0v) is 10.5. The van der Waals surface area contributed by atoms with E-state index in [2.05, 4.69) is 10.3 Å². The minimum Gasteiger partial charge on any atom is -0.301 e. The Bertz CT molecular complexity index is 636. The fraction of sp³-hybridized carbons (Fsp3) is 0.143. The lowest BCUT2D eigenvalue weighted by atomic mass is 10.1. The number of carbonyl (C=O) groups excluding carboxylic acids is 1. The molecule has 1 heterocycles. The van der Waals surface area contributed by atoms with Crippen molar-refractivity contribution in [2.24, 2.45) is 4.99 Å². The van der Waals surface area contributed by atoms with Crippen LogP contribution in [-0.2, 0) is 0 Å². The van der Waals surface area contributed by atoms with Crippen molar-refractivity contribution in [3.63, 3.8) is 0 Å². The van der Waals surface area contributed by atoms with Gasteiger partial charge in [-0.15, -0.1) is 0 Å². The van der Waals surface area contributed by atoms with Gasteiger partial charge in [-0.2, -0.15) is 0 Å². The Morgan fingerprint density at radius 3 is 2.78 bits per heavy atom. The summed E-state index contributed by atoms with van der Waals surface area (Å²) in [5.74, 6) is 0.863. The third kappa shape index (κ3) is 2.24. The molecule has 2 aromatic carbocycles. The second-order valence-corrected chi connectivity index (χ2v) is 5.14. The first kappa shape index (κ1) is 11.3. The second kappa shape index (κ2) is 4.82. The normalized spacial score (nSPS) is 14.6. The minimum absolute atomic E-state index is 0.0890. The fourth-order valence-corrected chi connectivity index (χ4v) is 2.63. The first-order chi connectivity index (χ1) is 8.83. The van der Waals surface area contributed by atoms with E-state index in [0.29, 0.717) is 5.56 Å². The van der Waals surface area contributed by atoms with Crippen LogP contribution in [0, 0.1) is 0 Å². The summed E-state index contributed by atoms with van der Waals surface area (Å²) >= 11 is 1.59. The van der Waals surface area contributed by atoms with E-state index in [4.69, 9.17) is 0 Å². The largest absolute Gasteiger partial charge is 0.301 e. The van der Waals surface area contributed by atoms with Crippen molar-refractivity contribution >= 4 is 33.6 Å². The first-order valence-corrected chi connectivity index (χ1v) is 6.79. The maximum absolute atomic E-state index is 12.0. The first-order valence-electron chi connectivity index (χ1n) is 5.80. The van der Waals surface area contributed by atoms with Crippen molar-refractivity contribution in [3.05, 3.63) is 48.0 Å². The summed E-state index contributed by atoms with van der Waals surface area (Å²) in [6, 6.07) is 13.7. The van der Waals surface area contributed by atoms with Crippen molar-refractivity contribution in [1.29, 1.82) is 0 Å². The summed E-state index contributed by atoms with van der Waals surface area (Å²) in [7, 11) is 0. The second-order valence-electron chi connectivity index (χ2n) is 4.05. The molecule has 0 unspecified atom stereocenters. The van der Waals surface area contributed by atoms with Crippen LogP contribution < -0.4 is 5.32 Å². The highest BCUT2D eigenvalue weighted by molar-refractivity contribution is 8.14. The summed E-state index contributed by atoms with van der Waals surface area (Å²) in [5, 5.41) is 5.78. The highest BCUT2D eigenvalue weighted by atomic mass is 32.2. The Kier molecular flexibility index (Phi) is 3.02. The minimum atomic E-state index is -0.0890. The van der Waals surface area contributed by atoms with Gasteiger partial charge in [-0.25, -0.2) is 0 Å². The number of thioether (sulfide) groups is 1. The Balaban J connectivity index is 1.87. The molecule has 4 heteroatoms. The van der Waals surface area contributed by atoms with Crippen LogP contribution in [0.25, 0.3) is 10.8 Å². The number of fused-ring (bicyclic) bond motifs is 1. The standard InChI is InChI=1S/C14H12N2OS/c17-13(16-14-15-7-8-18-14)12-6-5-10-3-1-2-4-11(10)9-12/h1-6,9H,7-8H2,(H,15,16,17). The van der Waals surface area contributed by atoms with Crippen molar-refractivity contribution in [2.75, 3.05) is 12.3 Å². The quantitative estimate of drug-likeness (QED) is 0.852. The predicted molar refractivity (Wildman–Crippen MR) is 76.2 cm³/mol. The van der Waals surface area contributed by atoms with Gasteiger partial charge in [-0.05, 0) is 22.9 Å². The molecule has 90 valence electrons. The molecule has 1 aliphatic rings. The lowest BCUT2D eigenvalue weighted by Gasteiger charge is -2.05. The van der Waals surface area contributed by atoms with E-state index in [1.54, 1.807) is 11.8 Å². The Morgan fingerprint density at radius 2 is 2.00 bits per heavy atom. The number of nitrogens with one attached hydrogen (secondary N) is 1. The zero-order chi connectivity index (χ0) is 12.4.